The van der Waals surface area contributed by atoms with E-state index < -0.39 is 48.6 Å². The maximum atomic E-state index is 13.4. The molecule has 0 bridgehead atoms. The summed E-state index contributed by atoms with van der Waals surface area (Å²) in [6.45, 7) is 6.67. The third-order valence-electron chi connectivity index (χ3n) is 12.9. The van der Waals surface area contributed by atoms with Gasteiger partial charge in [0.25, 0.3) is 0 Å². The molecule has 0 spiro atoms. The molecule has 0 saturated carbocycles. The quantitative estimate of drug-likeness (QED) is 0.0565. The van der Waals surface area contributed by atoms with Gasteiger partial charge in [-0.1, -0.05) is 91.9 Å². The first-order chi connectivity index (χ1) is 34.3. The number of ether oxygens (including phenoxy) is 3. The Morgan fingerprint density at radius 2 is 1.03 bits per heavy atom. The van der Waals surface area contributed by atoms with Gasteiger partial charge in [-0.15, -0.1) is 0 Å². The van der Waals surface area contributed by atoms with Gasteiger partial charge in [-0.3, -0.25) is 9.97 Å². The lowest BCUT2D eigenvalue weighted by Crippen LogP contribution is -2.25. The van der Waals surface area contributed by atoms with Crippen LogP contribution >= 0.6 is 0 Å². The summed E-state index contributed by atoms with van der Waals surface area (Å²) in [5.41, 5.74) is 5.45. The van der Waals surface area contributed by atoms with Gasteiger partial charge in [0.05, 0.1) is 34.6 Å². The molecule has 0 amide bonds. The summed E-state index contributed by atoms with van der Waals surface area (Å²) in [6.07, 6.45) is -8.21. The van der Waals surface area contributed by atoms with E-state index in [0.717, 1.165) is 63.2 Å². The molecular weight excluding hydrogens is 935 g/mol. The fraction of sp³-hybridized carbons (Fsp3) is 0.228. The lowest BCUT2D eigenvalue weighted by molar-refractivity contribution is -0.162. The number of alkyl halides is 6. The molecule has 0 saturated heterocycles. The van der Waals surface area contributed by atoms with Crippen LogP contribution in [0.4, 0.5) is 37.7 Å². The summed E-state index contributed by atoms with van der Waals surface area (Å²) >= 11 is 0. The average molecular weight is 985 g/mol. The van der Waals surface area contributed by atoms with Gasteiger partial charge in [-0.05, 0) is 99.0 Å². The van der Waals surface area contributed by atoms with Crippen molar-refractivity contribution in [1.82, 2.24) is 9.97 Å². The average Bonchev–Trinajstić information content (AvgIpc) is 3.36. The summed E-state index contributed by atoms with van der Waals surface area (Å²) in [7, 11) is 3.90. The van der Waals surface area contributed by atoms with Crippen LogP contribution in [0.3, 0.4) is 0 Å². The zero-order valence-electron chi connectivity index (χ0n) is 40.2. The smallest absolute Gasteiger partial charge is 0.416 e. The number of hydrogen-bond acceptors (Lipinski definition) is 9. The zero-order chi connectivity index (χ0) is 51.5. The monoisotopic (exact) mass is 984 g/mol. The van der Waals surface area contributed by atoms with Gasteiger partial charge in [-0.25, -0.2) is 9.59 Å². The topological polar surface area (TPSA) is 94.1 Å². The molecule has 0 fully saturated rings. The van der Waals surface area contributed by atoms with E-state index in [2.05, 4.69) is 9.80 Å². The molecule has 2 atom stereocenters. The number of aromatic nitrogens is 2. The number of nitrogens with zero attached hydrogens (tertiary/aromatic N) is 4. The van der Waals surface area contributed by atoms with Crippen molar-refractivity contribution in [3.63, 3.8) is 0 Å². The van der Waals surface area contributed by atoms with Gasteiger partial charge < -0.3 is 24.0 Å². The molecule has 9 nitrogen and oxygen atoms in total. The van der Waals surface area contributed by atoms with E-state index in [1.54, 1.807) is 30.3 Å². The van der Waals surface area contributed by atoms with Crippen molar-refractivity contribution in [3.05, 3.63) is 179 Å². The van der Waals surface area contributed by atoms with Crippen molar-refractivity contribution in [3.8, 4) is 34.0 Å². The van der Waals surface area contributed by atoms with E-state index in [4.69, 9.17) is 24.2 Å². The highest BCUT2D eigenvalue weighted by atomic mass is 19.4. The molecular formula is C57H50F6N4O5. The number of hydrogen-bond donors (Lipinski definition) is 0. The molecule has 370 valence electrons. The van der Waals surface area contributed by atoms with Crippen molar-refractivity contribution in [1.29, 1.82) is 0 Å². The molecule has 2 heterocycles. The third-order valence-corrected chi connectivity index (χ3v) is 12.9. The predicted molar refractivity (Wildman–Crippen MR) is 267 cm³/mol. The second-order valence-electron chi connectivity index (χ2n) is 17.4. The first-order valence-corrected chi connectivity index (χ1v) is 23.1. The lowest BCUT2D eigenvalue weighted by atomic mass is 9.98. The maximum Gasteiger partial charge on any atom is 0.416 e. The van der Waals surface area contributed by atoms with Crippen LogP contribution < -0.4 is 19.3 Å². The van der Waals surface area contributed by atoms with Crippen molar-refractivity contribution < 1.29 is 50.1 Å². The lowest BCUT2D eigenvalue weighted by Gasteiger charge is -2.32. The maximum absolute atomic E-state index is 13.4. The molecule has 15 heteroatoms. The van der Waals surface area contributed by atoms with Crippen LogP contribution in [0.5, 0.6) is 11.5 Å². The van der Waals surface area contributed by atoms with Crippen molar-refractivity contribution in [2.75, 3.05) is 37.1 Å². The predicted octanol–water partition coefficient (Wildman–Crippen LogP) is 14.1. The number of pyridine rings is 2. The zero-order valence-corrected chi connectivity index (χ0v) is 40.2. The molecule has 0 N–H and O–H groups in total. The Bertz CT molecular complexity index is 3290. The molecule has 2 unspecified atom stereocenters. The Kier molecular flexibility index (Phi) is 14.6. The number of esters is 2. The van der Waals surface area contributed by atoms with E-state index in [1.165, 1.54) is 18.2 Å². The number of benzene rings is 6. The van der Waals surface area contributed by atoms with Crippen LogP contribution in [0, 0.1) is 13.8 Å². The molecule has 2 aromatic heterocycles. The molecule has 0 aliphatic carbocycles. The van der Waals surface area contributed by atoms with E-state index >= 15 is 0 Å². The second kappa shape index (κ2) is 20.8. The summed E-state index contributed by atoms with van der Waals surface area (Å²) in [6, 6.07) is 39.4. The van der Waals surface area contributed by atoms with Gasteiger partial charge >= 0.3 is 24.3 Å². The van der Waals surface area contributed by atoms with Gasteiger partial charge in [-0.2, -0.15) is 26.3 Å². The van der Waals surface area contributed by atoms with E-state index in [9.17, 15) is 35.9 Å². The Morgan fingerprint density at radius 3 is 1.53 bits per heavy atom. The van der Waals surface area contributed by atoms with Gasteiger partial charge in [0, 0.05) is 69.5 Å². The minimum absolute atomic E-state index is 0.154. The Labute approximate surface area is 412 Å². The standard InChI is InChI=1S/C57H50F6N4O5/c1-7-49(42-24-26-48(65-35(42)3)38-13-12-14-40(31-38)57(61,62)63)67(6)51-28-30-53(46-18-11-9-16-44(46)51)71-33-55(69)72-54(68)32-70-52-29-27-50(43-15-8-10-17-45(43)52)66(5)36(4)41-23-25-47(64-34(41)2)37-19-21-39(22-20-37)56(58,59)60/h8-31,36,49H,7,32-33H2,1-6H3. The fourth-order valence-corrected chi connectivity index (χ4v) is 9.07. The number of halogens is 6. The fourth-order valence-electron chi connectivity index (χ4n) is 9.07. The SMILES string of the molecule is CCC(c1ccc(-c2cccc(C(F)(F)F)c2)nc1C)N(C)c1ccc(OCC(=O)OC(=O)COc2ccc(N(C)C(C)c3ccc(-c4ccc(C(F)(F)F)cc4)nc3C)c3ccccc23)c2ccccc12. The Hall–Kier alpha value is -7.94. The highest BCUT2D eigenvalue weighted by Gasteiger charge is 2.32. The number of aryl methyl sites for hydroxylation is 2. The highest BCUT2D eigenvalue weighted by Crippen LogP contribution is 2.41. The Balaban J connectivity index is 0.894. The molecule has 8 rings (SSSR count). The molecule has 8 aromatic rings. The first-order valence-electron chi connectivity index (χ1n) is 23.1. The van der Waals surface area contributed by atoms with Gasteiger partial charge in [0.2, 0.25) is 0 Å². The number of carbonyl (C=O) groups is 2. The van der Waals surface area contributed by atoms with Crippen molar-refractivity contribution in [2.45, 2.75) is 58.6 Å². The van der Waals surface area contributed by atoms with Crippen LogP contribution in [-0.4, -0.2) is 49.2 Å². The van der Waals surface area contributed by atoms with Crippen LogP contribution in [0.15, 0.2) is 146 Å². The number of anilines is 2. The minimum atomic E-state index is -4.47. The summed E-state index contributed by atoms with van der Waals surface area (Å²) in [5.74, 6) is -1.03. The summed E-state index contributed by atoms with van der Waals surface area (Å²) in [5, 5.41) is 3.10. The van der Waals surface area contributed by atoms with Crippen LogP contribution in [0.2, 0.25) is 0 Å². The van der Waals surface area contributed by atoms with E-state index in [1.807, 2.05) is 115 Å². The van der Waals surface area contributed by atoms with Gasteiger partial charge in [0.1, 0.15) is 11.5 Å². The Morgan fingerprint density at radius 1 is 0.542 bits per heavy atom. The van der Waals surface area contributed by atoms with Crippen LogP contribution in [0.1, 0.15) is 66.0 Å². The van der Waals surface area contributed by atoms with E-state index in [0.29, 0.717) is 56.9 Å². The number of rotatable bonds is 15. The molecule has 0 aliphatic rings. The van der Waals surface area contributed by atoms with Crippen molar-refractivity contribution in [2.24, 2.45) is 0 Å². The first kappa shape index (κ1) is 50.4. The number of carbonyl (C=O) groups excluding carboxylic acids is 2. The minimum Gasteiger partial charge on any atom is -0.481 e. The molecule has 0 radical (unpaired) electrons. The highest BCUT2D eigenvalue weighted by molar-refractivity contribution is 6.00. The third kappa shape index (κ3) is 10.8. The molecule has 6 aromatic carbocycles. The van der Waals surface area contributed by atoms with Crippen LogP contribution in [-0.2, 0) is 26.7 Å². The van der Waals surface area contributed by atoms with Crippen molar-refractivity contribution >= 4 is 44.9 Å². The molecule has 72 heavy (non-hydrogen) atoms. The summed E-state index contributed by atoms with van der Waals surface area (Å²) in [4.78, 5) is 39.6. The van der Waals surface area contributed by atoms with Crippen LogP contribution in [0.25, 0.3) is 44.1 Å². The number of fused-ring (bicyclic) bond motifs is 2. The second-order valence-corrected chi connectivity index (χ2v) is 17.4. The molecule has 0 aliphatic heterocycles. The van der Waals surface area contributed by atoms with E-state index in [-0.39, 0.29) is 12.1 Å². The van der Waals surface area contributed by atoms with Gasteiger partial charge in [0.15, 0.2) is 13.2 Å². The summed E-state index contributed by atoms with van der Waals surface area (Å²) < 4.78 is 96.7. The largest absolute Gasteiger partial charge is 0.481 e. The normalized spacial score (nSPS) is 12.6.